The van der Waals surface area contributed by atoms with Crippen molar-refractivity contribution in [3.8, 4) is 0 Å². The number of benzene rings is 2. The summed E-state index contributed by atoms with van der Waals surface area (Å²) in [5.41, 5.74) is 1.53. The van der Waals surface area contributed by atoms with Gasteiger partial charge in [-0.15, -0.1) is 0 Å². The molecule has 1 aromatic heterocycles. The molecule has 0 fully saturated rings. The fourth-order valence-electron chi connectivity index (χ4n) is 2.78. The van der Waals surface area contributed by atoms with Crippen LogP contribution in [0.3, 0.4) is 0 Å². The molecule has 0 spiro atoms. The van der Waals surface area contributed by atoms with E-state index in [1.165, 1.54) is 23.3 Å². The van der Waals surface area contributed by atoms with E-state index in [-0.39, 0.29) is 37.1 Å². The average Bonchev–Trinajstić information content (AvgIpc) is 3.21. The van der Waals surface area contributed by atoms with Gasteiger partial charge >= 0.3 is 0 Å². The molecule has 0 aliphatic heterocycles. The maximum Gasteiger partial charge on any atom is 0.244 e. The van der Waals surface area contributed by atoms with E-state index >= 15 is 0 Å². The van der Waals surface area contributed by atoms with Crippen molar-refractivity contribution < 1.29 is 18.4 Å². The van der Waals surface area contributed by atoms with Gasteiger partial charge in [0.1, 0.15) is 18.1 Å². The van der Waals surface area contributed by atoms with E-state index in [0.29, 0.717) is 17.9 Å². The third-order valence-electron chi connectivity index (χ3n) is 4.21. The molecule has 28 heavy (non-hydrogen) atoms. The van der Waals surface area contributed by atoms with Gasteiger partial charge in [-0.2, -0.15) is 0 Å². The summed E-state index contributed by atoms with van der Waals surface area (Å²) < 4.78 is 18.3. The zero-order chi connectivity index (χ0) is 19.8. The molecule has 5 nitrogen and oxygen atoms in total. The summed E-state index contributed by atoms with van der Waals surface area (Å²) in [7, 11) is 0. The van der Waals surface area contributed by atoms with Gasteiger partial charge in [0.05, 0.1) is 12.8 Å². The number of hydrogen-bond donors (Lipinski definition) is 1. The Morgan fingerprint density at radius 3 is 2.39 bits per heavy atom. The highest BCUT2D eigenvalue weighted by Gasteiger charge is 2.19. The molecule has 3 rings (SSSR count). The first-order chi connectivity index (χ1) is 13.6. The Labute approximate surface area is 162 Å². The summed E-state index contributed by atoms with van der Waals surface area (Å²) in [4.78, 5) is 26.6. The number of hydrogen-bond acceptors (Lipinski definition) is 3. The molecular weight excluding hydrogens is 359 g/mol. The molecule has 0 bridgehead atoms. The maximum atomic E-state index is 13.0. The Bertz CT molecular complexity index is 893. The van der Waals surface area contributed by atoms with E-state index in [2.05, 4.69) is 5.32 Å². The van der Waals surface area contributed by atoms with Gasteiger partial charge in [0, 0.05) is 12.1 Å². The van der Waals surface area contributed by atoms with Gasteiger partial charge in [-0.1, -0.05) is 30.3 Å². The highest BCUT2D eigenvalue weighted by molar-refractivity contribution is 5.94. The normalized spacial score (nSPS) is 10.5. The van der Waals surface area contributed by atoms with Crippen molar-refractivity contribution in [2.75, 3.05) is 11.9 Å². The number of carbonyl (C=O) groups excluding carboxylic acids is 2. The molecule has 0 radical (unpaired) electrons. The Morgan fingerprint density at radius 1 is 0.964 bits per heavy atom. The summed E-state index contributed by atoms with van der Waals surface area (Å²) in [6.07, 6.45) is 2.21. The quantitative estimate of drug-likeness (QED) is 0.642. The fourth-order valence-corrected chi connectivity index (χ4v) is 2.78. The van der Waals surface area contributed by atoms with Crippen molar-refractivity contribution in [1.29, 1.82) is 0 Å². The highest BCUT2D eigenvalue weighted by atomic mass is 19.1. The first-order valence-electron chi connectivity index (χ1n) is 8.99. The van der Waals surface area contributed by atoms with Crippen LogP contribution in [0.2, 0.25) is 0 Å². The van der Waals surface area contributed by atoms with Crippen LogP contribution in [-0.4, -0.2) is 23.3 Å². The second kappa shape index (κ2) is 9.50. The van der Waals surface area contributed by atoms with Crippen LogP contribution in [0.1, 0.15) is 17.7 Å². The molecule has 0 saturated heterocycles. The number of anilines is 1. The van der Waals surface area contributed by atoms with Crippen molar-refractivity contribution in [2.24, 2.45) is 0 Å². The molecule has 0 saturated carbocycles. The minimum absolute atomic E-state index is 0.0855. The number of carbonyl (C=O) groups is 2. The lowest BCUT2D eigenvalue weighted by Crippen LogP contribution is -2.37. The van der Waals surface area contributed by atoms with Crippen molar-refractivity contribution in [3.63, 3.8) is 0 Å². The maximum absolute atomic E-state index is 13.0. The minimum Gasteiger partial charge on any atom is -0.467 e. The fraction of sp³-hybridized carbons (Fsp3) is 0.182. The Balaban J connectivity index is 1.62. The van der Waals surface area contributed by atoms with Gasteiger partial charge in [0.25, 0.3) is 0 Å². The van der Waals surface area contributed by atoms with Crippen molar-refractivity contribution in [1.82, 2.24) is 4.90 Å². The van der Waals surface area contributed by atoms with E-state index in [1.54, 1.807) is 36.4 Å². The van der Waals surface area contributed by atoms with Crippen LogP contribution in [0.4, 0.5) is 10.1 Å². The monoisotopic (exact) mass is 380 g/mol. The first kappa shape index (κ1) is 19.4. The van der Waals surface area contributed by atoms with Gasteiger partial charge in [-0.25, -0.2) is 4.39 Å². The number of nitrogens with zero attached hydrogens (tertiary/aromatic N) is 1. The lowest BCUT2D eigenvalue weighted by molar-refractivity contribution is -0.135. The number of amides is 2. The Kier molecular flexibility index (Phi) is 6.57. The Hall–Kier alpha value is -3.41. The number of rotatable bonds is 8. The van der Waals surface area contributed by atoms with Crippen LogP contribution in [0.5, 0.6) is 0 Å². The molecule has 3 aromatic rings. The molecule has 0 aliphatic carbocycles. The molecule has 0 atom stereocenters. The average molecular weight is 380 g/mol. The van der Waals surface area contributed by atoms with Crippen LogP contribution in [0.15, 0.2) is 77.4 Å². The van der Waals surface area contributed by atoms with Gasteiger partial charge in [-0.05, 0) is 48.4 Å². The van der Waals surface area contributed by atoms with Crippen LogP contribution in [-0.2, 0) is 22.6 Å². The minimum atomic E-state index is -0.313. The van der Waals surface area contributed by atoms with Gasteiger partial charge in [-0.3, -0.25) is 9.59 Å². The number of aryl methyl sites for hydroxylation is 1. The predicted molar refractivity (Wildman–Crippen MR) is 104 cm³/mol. The zero-order valence-electron chi connectivity index (χ0n) is 15.3. The number of furan rings is 1. The first-order valence-corrected chi connectivity index (χ1v) is 8.99. The van der Waals surface area contributed by atoms with E-state index < -0.39 is 0 Å². The van der Waals surface area contributed by atoms with Crippen molar-refractivity contribution in [2.45, 2.75) is 19.4 Å². The van der Waals surface area contributed by atoms with Crippen molar-refractivity contribution in [3.05, 3.63) is 90.1 Å². The second-order valence-corrected chi connectivity index (χ2v) is 6.37. The standard InChI is InChI=1S/C22H21FN2O3/c23-18-11-8-17(9-12-18)10-13-22(27)25(15-20-7-4-14-28-20)16-21(26)24-19-5-2-1-3-6-19/h1-9,11-12,14H,10,13,15-16H2,(H,24,26). The molecule has 2 amide bonds. The molecule has 2 aromatic carbocycles. The molecule has 6 heteroatoms. The number of halogens is 1. The largest absolute Gasteiger partial charge is 0.467 e. The molecule has 0 unspecified atom stereocenters. The number of para-hydroxylation sites is 1. The van der Waals surface area contributed by atoms with E-state index in [1.807, 2.05) is 18.2 Å². The summed E-state index contributed by atoms with van der Waals surface area (Å²) in [6.45, 7) is 0.120. The van der Waals surface area contributed by atoms with Crippen LogP contribution < -0.4 is 5.32 Å². The third kappa shape index (κ3) is 5.81. The summed E-state index contributed by atoms with van der Waals surface area (Å²) >= 11 is 0. The predicted octanol–water partition coefficient (Wildman–Crippen LogP) is 4.02. The summed E-state index contributed by atoms with van der Waals surface area (Å²) in [5.74, 6) is -0.174. The molecule has 1 heterocycles. The summed E-state index contributed by atoms with van der Waals surface area (Å²) in [6, 6.07) is 18.6. The molecular formula is C22H21FN2O3. The molecule has 0 aliphatic rings. The second-order valence-electron chi connectivity index (χ2n) is 6.37. The van der Waals surface area contributed by atoms with E-state index in [9.17, 15) is 14.0 Å². The smallest absolute Gasteiger partial charge is 0.244 e. The SMILES string of the molecule is O=C(CN(Cc1ccco1)C(=O)CCc1ccc(F)cc1)Nc1ccccc1. The Morgan fingerprint density at radius 2 is 1.71 bits per heavy atom. The molecule has 1 N–H and O–H groups in total. The zero-order valence-corrected chi connectivity index (χ0v) is 15.3. The lowest BCUT2D eigenvalue weighted by atomic mass is 10.1. The van der Waals surface area contributed by atoms with Gasteiger partial charge in [0.15, 0.2) is 0 Å². The molecule has 144 valence electrons. The van der Waals surface area contributed by atoms with E-state index in [4.69, 9.17) is 4.42 Å². The van der Waals surface area contributed by atoms with Crippen LogP contribution in [0.25, 0.3) is 0 Å². The highest BCUT2D eigenvalue weighted by Crippen LogP contribution is 2.12. The van der Waals surface area contributed by atoms with Crippen LogP contribution >= 0.6 is 0 Å². The lowest BCUT2D eigenvalue weighted by Gasteiger charge is -2.21. The topological polar surface area (TPSA) is 62.6 Å². The van der Waals surface area contributed by atoms with Crippen molar-refractivity contribution >= 4 is 17.5 Å². The summed E-state index contributed by atoms with van der Waals surface area (Å²) in [5, 5.41) is 2.78. The number of nitrogens with one attached hydrogen (secondary N) is 1. The van der Waals surface area contributed by atoms with Gasteiger partial charge in [0.2, 0.25) is 11.8 Å². The van der Waals surface area contributed by atoms with Crippen LogP contribution in [0, 0.1) is 5.82 Å². The third-order valence-corrected chi connectivity index (χ3v) is 4.21. The van der Waals surface area contributed by atoms with E-state index in [0.717, 1.165) is 5.56 Å². The van der Waals surface area contributed by atoms with Gasteiger partial charge < -0.3 is 14.6 Å².